The summed E-state index contributed by atoms with van der Waals surface area (Å²) in [4.78, 5) is 21.3. The molecule has 0 aromatic carbocycles. The van der Waals surface area contributed by atoms with Crippen LogP contribution in [0.15, 0.2) is 5.03 Å². The fourth-order valence-electron chi connectivity index (χ4n) is 1.46. The molecule has 8 heteroatoms. The third-order valence-electron chi connectivity index (χ3n) is 2.30. The van der Waals surface area contributed by atoms with Crippen LogP contribution in [0.3, 0.4) is 0 Å². The van der Waals surface area contributed by atoms with Crippen LogP contribution in [0.25, 0.3) is 0 Å². The molecular weight excluding hydrogens is 258 g/mol. The first kappa shape index (κ1) is 14.5. The summed E-state index contributed by atoms with van der Waals surface area (Å²) in [6.45, 7) is 5.51. The highest BCUT2D eigenvalue weighted by Crippen LogP contribution is 2.34. The van der Waals surface area contributed by atoms with Crippen LogP contribution >= 0.6 is 11.8 Å². The van der Waals surface area contributed by atoms with Gasteiger partial charge in [-0.1, -0.05) is 18.7 Å². The predicted molar refractivity (Wildman–Crippen MR) is 66.9 cm³/mol. The third kappa shape index (κ3) is 3.00. The van der Waals surface area contributed by atoms with E-state index in [0.29, 0.717) is 17.3 Å². The minimum Gasteiger partial charge on any atom is -0.480 e. The number of rotatable bonds is 6. The van der Waals surface area contributed by atoms with Crippen molar-refractivity contribution in [3.8, 4) is 0 Å². The number of carboxylic acid groups (broad SMARTS) is 1. The standard InChI is InChI=1S/C10H15N3O4S/c1-4-5-12-9(18-7(3)10(14)15)8(13(16)17)6(2)11-12/h7H,4-5H2,1-3H3,(H,14,15). The van der Waals surface area contributed by atoms with Gasteiger partial charge in [-0.3, -0.25) is 19.6 Å². The number of aliphatic carboxylic acids is 1. The topological polar surface area (TPSA) is 98.3 Å². The maximum absolute atomic E-state index is 11.0. The van der Waals surface area contributed by atoms with E-state index in [1.165, 1.54) is 11.6 Å². The van der Waals surface area contributed by atoms with E-state index in [-0.39, 0.29) is 5.69 Å². The van der Waals surface area contributed by atoms with Crippen LogP contribution in [-0.4, -0.2) is 31.0 Å². The molecule has 100 valence electrons. The number of carbonyl (C=O) groups is 1. The van der Waals surface area contributed by atoms with Crippen molar-refractivity contribution in [1.29, 1.82) is 0 Å². The molecule has 1 N–H and O–H groups in total. The second-order valence-corrected chi connectivity index (χ2v) is 5.15. The normalized spacial score (nSPS) is 12.4. The van der Waals surface area contributed by atoms with Gasteiger partial charge >= 0.3 is 11.7 Å². The lowest BCUT2D eigenvalue weighted by Crippen LogP contribution is -2.13. The van der Waals surface area contributed by atoms with Crippen molar-refractivity contribution in [3.05, 3.63) is 15.8 Å². The molecule has 0 aliphatic carbocycles. The summed E-state index contributed by atoms with van der Waals surface area (Å²) in [6, 6.07) is 0. The maximum atomic E-state index is 11.0. The Morgan fingerprint density at radius 3 is 2.72 bits per heavy atom. The van der Waals surface area contributed by atoms with Crippen LogP contribution in [0.4, 0.5) is 5.69 Å². The number of aromatic nitrogens is 2. The van der Waals surface area contributed by atoms with Crippen molar-refractivity contribution < 1.29 is 14.8 Å². The minimum atomic E-state index is -1.00. The highest BCUT2D eigenvalue weighted by Gasteiger charge is 2.28. The molecule has 1 aromatic heterocycles. The van der Waals surface area contributed by atoms with E-state index in [1.54, 1.807) is 6.92 Å². The number of carboxylic acids is 1. The smallest absolute Gasteiger partial charge is 0.323 e. The zero-order valence-corrected chi connectivity index (χ0v) is 11.2. The Hall–Kier alpha value is -1.57. The first-order chi connectivity index (χ1) is 8.38. The molecule has 0 radical (unpaired) electrons. The minimum absolute atomic E-state index is 0.0958. The summed E-state index contributed by atoms with van der Waals surface area (Å²) in [5.74, 6) is -1.00. The van der Waals surface area contributed by atoms with Crippen LogP contribution in [-0.2, 0) is 11.3 Å². The Kier molecular flexibility index (Phi) is 4.71. The second kappa shape index (κ2) is 5.85. The number of aryl methyl sites for hydroxylation is 2. The van der Waals surface area contributed by atoms with Gasteiger partial charge in [-0.25, -0.2) is 0 Å². The van der Waals surface area contributed by atoms with Gasteiger partial charge in [-0.05, 0) is 20.3 Å². The van der Waals surface area contributed by atoms with Gasteiger partial charge < -0.3 is 5.11 Å². The summed E-state index contributed by atoms with van der Waals surface area (Å²) in [5.41, 5.74) is 0.218. The number of thioether (sulfide) groups is 1. The van der Waals surface area contributed by atoms with Crippen molar-refractivity contribution in [1.82, 2.24) is 9.78 Å². The lowest BCUT2D eigenvalue weighted by molar-refractivity contribution is -0.388. The van der Waals surface area contributed by atoms with E-state index in [2.05, 4.69) is 5.10 Å². The van der Waals surface area contributed by atoms with Crippen LogP contribution in [0.1, 0.15) is 26.0 Å². The molecule has 1 heterocycles. The molecule has 0 bridgehead atoms. The van der Waals surface area contributed by atoms with Gasteiger partial charge in [0.25, 0.3) is 0 Å². The van der Waals surface area contributed by atoms with Crippen molar-refractivity contribution in [2.24, 2.45) is 0 Å². The van der Waals surface area contributed by atoms with E-state index in [1.807, 2.05) is 6.92 Å². The van der Waals surface area contributed by atoms with Gasteiger partial charge in [0.15, 0.2) is 5.03 Å². The average Bonchev–Trinajstić information content (AvgIpc) is 2.55. The van der Waals surface area contributed by atoms with Crippen molar-refractivity contribution in [3.63, 3.8) is 0 Å². The average molecular weight is 273 g/mol. The van der Waals surface area contributed by atoms with E-state index in [4.69, 9.17) is 5.11 Å². The monoisotopic (exact) mass is 273 g/mol. The molecule has 0 aliphatic heterocycles. The summed E-state index contributed by atoms with van der Waals surface area (Å²) in [6.07, 6.45) is 0.771. The van der Waals surface area contributed by atoms with Gasteiger partial charge in [-0.2, -0.15) is 5.10 Å². The molecule has 7 nitrogen and oxygen atoms in total. The lowest BCUT2D eigenvalue weighted by Gasteiger charge is -2.07. The molecular formula is C10H15N3O4S. The van der Waals surface area contributed by atoms with Crippen molar-refractivity contribution in [2.45, 2.75) is 44.0 Å². The van der Waals surface area contributed by atoms with Crippen molar-refractivity contribution in [2.75, 3.05) is 0 Å². The summed E-state index contributed by atoms with van der Waals surface area (Å²) in [7, 11) is 0. The number of nitrogens with zero attached hydrogens (tertiary/aromatic N) is 3. The quantitative estimate of drug-likeness (QED) is 0.484. The number of hydrogen-bond donors (Lipinski definition) is 1. The Bertz CT molecular complexity index is 472. The zero-order chi connectivity index (χ0) is 13.9. The van der Waals surface area contributed by atoms with E-state index in [0.717, 1.165) is 18.2 Å². The van der Waals surface area contributed by atoms with Crippen LogP contribution < -0.4 is 0 Å². The number of nitro groups is 1. The SMILES string of the molecule is CCCn1nc(C)c([N+](=O)[O-])c1SC(C)C(=O)O. The predicted octanol–water partition coefficient (Wildman–Crippen LogP) is 2.07. The van der Waals surface area contributed by atoms with Crippen LogP contribution in [0.5, 0.6) is 0 Å². The summed E-state index contributed by atoms with van der Waals surface area (Å²) < 4.78 is 1.51. The van der Waals surface area contributed by atoms with Crippen LogP contribution in [0, 0.1) is 17.0 Å². The maximum Gasteiger partial charge on any atom is 0.323 e. The summed E-state index contributed by atoms with van der Waals surface area (Å²) in [5, 5.41) is 23.5. The molecule has 0 saturated carbocycles. The van der Waals surface area contributed by atoms with Gasteiger partial charge in [0.2, 0.25) is 0 Å². The first-order valence-corrected chi connectivity index (χ1v) is 6.37. The molecule has 1 rings (SSSR count). The van der Waals surface area contributed by atoms with E-state index < -0.39 is 16.1 Å². The molecule has 0 spiro atoms. The third-order valence-corrected chi connectivity index (χ3v) is 3.49. The molecule has 1 atom stereocenters. The zero-order valence-electron chi connectivity index (χ0n) is 10.4. The molecule has 0 saturated heterocycles. The highest BCUT2D eigenvalue weighted by molar-refractivity contribution is 8.00. The lowest BCUT2D eigenvalue weighted by atomic mass is 10.4. The fraction of sp³-hybridized carbons (Fsp3) is 0.600. The second-order valence-electron chi connectivity index (χ2n) is 3.82. The highest BCUT2D eigenvalue weighted by atomic mass is 32.2. The largest absolute Gasteiger partial charge is 0.480 e. The Labute approximate surface area is 108 Å². The van der Waals surface area contributed by atoms with Gasteiger partial charge in [0.1, 0.15) is 10.9 Å². The van der Waals surface area contributed by atoms with E-state index in [9.17, 15) is 14.9 Å². The molecule has 1 unspecified atom stereocenters. The first-order valence-electron chi connectivity index (χ1n) is 5.49. The Morgan fingerprint density at radius 1 is 1.67 bits per heavy atom. The van der Waals surface area contributed by atoms with E-state index >= 15 is 0 Å². The number of hydrogen-bond acceptors (Lipinski definition) is 5. The van der Waals surface area contributed by atoms with Crippen LogP contribution in [0.2, 0.25) is 0 Å². The van der Waals surface area contributed by atoms with Gasteiger partial charge in [0.05, 0.1) is 4.92 Å². The molecule has 0 amide bonds. The Morgan fingerprint density at radius 2 is 2.28 bits per heavy atom. The van der Waals surface area contributed by atoms with Gasteiger partial charge in [0, 0.05) is 6.54 Å². The molecule has 0 fully saturated rings. The molecule has 0 aliphatic rings. The molecule has 18 heavy (non-hydrogen) atoms. The fourth-order valence-corrected chi connectivity index (χ4v) is 2.48. The summed E-state index contributed by atoms with van der Waals surface area (Å²) >= 11 is 0.953. The van der Waals surface area contributed by atoms with Crippen molar-refractivity contribution >= 4 is 23.4 Å². The Balaban J connectivity index is 3.19. The van der Waals surface area contributed by atoms with Gasteiger partial charge in [-0.15, -0.1) is 0 Å². The molecule has 1 aromatic rings.